The van der Waals surface area contributed by atoms with Crippen LogP contribution in [0.3, 0.4) is 0 Å². The minimum Gasteiger partial charge on any atom is -0.543 e. The Kier molecular flexibility index (Phi) is 8.25. The van der Waals surface area contributed by atoms with E-state index in [1.54, 1.807) is 7.11 Å². The summed E-state index contributed by atoms with van der Waals surface area (Å²) in [5, 5.41) is 17.7. The molecule has 2 N–H and O–H groups in total. The van der Waals surface area contributed by atoms with Crippen molar-refractivity contribution >= 4 is 23.0 Å². The number of hydrogen-bond donors (Lipinski definition) is 2. The zero-order valence-corrected chi connectivity index (χ0v) is 15.9. The molecule has 0 spiro atoms. The summed E-state index contributed by atoms with van der Waals surface area (Å²) < 4.78 is 5.11. The van der Waals surface area contributed by atoms with Crippen molar-refractivity contribution in [1.82, 2.24) is 0 Å². The fraction of sp³-hybridized carbons (Fsp3) is 0.188. The molecule has 24 heavy (non-hydrogen) atoms. The number of nitrogens with one attached hydrogen (secondary N) is 2. The van der Waals surface area contributed by atoms with Crippen molar-refractivity contribution in [3.63, 3.8) is 0 Å². The molecule has 2 aromatic rings. The van der Waals surface area contributed by atoms with Gasteiger partial charge in [-0.15, -0.1) is 5.43 Å². The Morgan fingerprint density at radius 2 is 1.58 bits per heavy atom. The number of anilines is 3. The van der Waals surface area contributed by atoms with E-state index in [0.717, 1.165) is 22.8 Å². The molecule has 0 bridgehead atoms. The number of nitrogens with zero attached hydrogens (tertiary/aromatic N) is 2. The number of hydrazine groups is 1. The van der Waals surface area contributed by atoms with E-state index in [9.17, 15) is 9.90 Å². The Labute approximate surface area is 162 Å². The number of hydrogen-bond acceptors (Lipinski definition) is 5. The molecule has 0 aliphatic rings. The minimum absolute atomic E-state index is 0. The summed E-state index contributed by atoms with van der Waals surface area (Å²) in [4.78, 5) is 11.8. The summed E-state index contributed by atoms with van der Waals surface area (Å²) in [7, 11) is 3.12. The maximum Gasteiger partial charge on any atom is 1.00 e. The van der Waals surface area contributed by atoms with Gasteiger partial charge in [0.1, 0.15) is 11.7 Å². The number of carboxylic acids is 1. The normalized spacial score (nSPS) is 10.5. The number of azo groups is 1. The van der Waals surface area contributed by atoms with E-state index in [2.05, 4.69) is 15.9 Å². The molecule has 8 heteroatoms. The molecule has 0 atom stereocenters. The molecule has 0 saturated carbocycles. The van der Waals surface area contributed by atoms with Crippen LogP contribution in [-0.4, -0.2) is 31.5 Å². The van der Waals surface area contributed by atoms with E-state index in [0.29, 0.717) is 0 Å². The third kappa shape index (κ3) is 6.19. The van der Waals surface area contributed by atoms with Gasteiger partial charge >= 0.3 is 29.6 Å². The van der Waals surface area contributed by atoms with Gasteiger partial charge in [0, 0.05) is 11.4 Å². The van der Waals surface area contributed by atoms with Crippen LogP contribution in [0.4, 0.5) is 17.1 Å². The Morgan fingerprint density at radius 3 is 2.04 bits per heavy atom. The second kappa shape index (κ2) is 9.92. The fourth-order valence-electron chi connectivity index (χ4n) is 1.90. The largest absolute Gasteiger partial charge is 1.00 e. The molecule has 2 rings (SSSR count). The predicted octanol–water partition coefficient (Wildman–Crippen LogP) is -1.39. The van der Waals surface area contributed by atoms with Gasteiger partial charge in [-0.3, -0.25) is 0 Å². The van der Waals surface area contributed by atoms with Gasteiger partial charge in [0.15, 0.2) is 0 Å². The van der Waals surface area contributed by atoms with Crippen molar-refractivity contribution in [2.24, 2.45) is 5.11 Å². The molecule has 0 heterocycles. The molecule has 7 nitrogen and oxygen atoms in total. The van der Waals surface area contributed by atoms with Crippen molar-refractivity contribution in [2.45, 2.75) is 0 Å². The second-order valence-corrected chi connectivity index (χ2v) is 4.67. The van der Waals surface area contributed by atoms with Crippen LogP contribution in [0.2, 0.25) is 0 Å². The van der Waals surface area contributed by atoms with Gasteiger partial charge < -0.3 is 20.0 Å². The molecule has 0 fully saturated rings. The van der Waals surface area contributed by atoms with Crippen LogP contribution in [0.25, 0.3) is 0 Å². The van der Waals surface area contributed by atoms with Gasteiger partial charge in [0.25, 0.3) is 0 Å². The van der Waals surface area contributed by atoms with Gasteiger partial charge in [0.2, 0.25) is 6.54 Å². The molecule has 120 valence electrons. The molecular formula is C16H18N4NaO3+. The van der Waals surface area contributed by atoms with Crippen LogP contribution in [0.5, 0.6) is 5.75 Å². The van der Waals surface area contributed by atoms with Crippen molar-refractivity contribution in [1.29, 1.82) is 0 Å². The van der Waals surface area contributed by atoms with Crippen molar-refractivity contribution in [3.8, 4) is 5.75 Å². The summed E-state index contributed by atoms with van der Waals surface area (Å²) in [6.07, 6.45) is 0. The first kappa shape index (κ1) is 20.0. The van der Waals surface area contributed by atoms with E-state index in [-0.39, 0.29) is 36.1 Å². The van der Waals surface area contributed by atoms with Crippen molar-refractivity contribution < 1.29 is 49.0 Å². The van der Waals surface area contributed by atoms with Crippen LogP contribution >= 0.6 is 0 Å². The third-order valence-corrected chi connectivity index (χ3v) is 3.04. The molecule has 0 aliphatic carbocycles. The van der Waals surface area contributed by atoms with Crippen LogP contribution in [0.1, 0.15) is 0 Å². The molecule has 0 aliphatic heterocycles. The van der Waals surface area contributed by atoms with Crippen LogP contribution in [0.15, 0.2) is 53.6 Å². The Balaban J connectivity index is 0.00000288. The predicted molar refractivity (Wildman–Crippen MR) is 84.8 cm³/mol. The van der Waals surface area contributed by atoms with Gasteiger partial charge in [-0.1, -0.05) is 0 Å². The van der Waals surface area contributed by atoms with Crippen LogP contribution in [0, 0.1) is 0 Å². The average Bonchev–Trinajstić information content (AvgIpc) is 2.56. The van der Waals surface area contributed by atoms with Crippen molar-refractivity contribution in [3.05, 3.63) is 48.5 Å². The van der Waals surface area contributed by atoms with E-state index in [1.807, 2.05) is 48.5 Å². The SMILES string of the molecule is CN=[N+](CC(=O)[O-])Nc1ccc(Nc2ccc(OC)cc2)cc1.[Na+]. The Bertz CT molecular complexity index is 687. The maximum absolute atomic E-state index is 10.6. The smallest absolute Gasteiger partial charge is 0.543 e. The van der Waals surface area contributed by atoms with Crippen LogP contribution < -0.4 is 50.1 Å². The Morgan fingerprint density at radius 1 is 1.08 bits per heavy atom. The number of methoxy groups -OCH3 is 1. The molecule has 0 aromatic heterocycles. The number of benzene rings is 2. The zero-order chi connectivity index (χ0) is 16.7. The number of aliphatic carboxylic acids is 1. The monoisotopic (exact) mass is 337 g/mol. The molecule has 0 unspecified atom stereocenters. The van der Waals surface area contributed by atoms with Gasteiger partial charge in [-0.25, -0.2) is 0 Å². The number of carbonyl (C=O) groups is 1. The van der Waals surface area contributed by atoms with Gasteiger partial charge in [-0.05, 0) is 58.5 Å². The van der Waals surface area contributed by atoms with E-state index >= 15 is 0 Å². The third-order valence-electron chi connectivity index (χ3n) is 3.04. The summed E-state index contributed by atoms with van der Waals surface area (Å²) in [6.45, 7) is -0.331. The maximum atomic E-state index is 10.6. The minimum atomic E-state index is -1.21. The quantitative estimate of drug-likeness (QED) is 0.281. The topological polar surface area (TPSA) is 88.8 Å². The molecule has 0 saturated heterocycles. The standard InChI is InChI=1S/C16H18N4O3.Na/c1-17-20(11-16(21)22)19-14-5-3-12(4-6-14)18-13-7-9-15(23-2)10-8-13;/h3-10,17H,11H2,1-2H3,(H,21,22);/q;+1. The summed E-state index contributed by atoms with van der Waals surface area (Å²) in [5.41, 5.74) is 5.43. The van der Waals surface area contributed by atoms with Gasteiger partial charge in [0.05, 0.1) is 19.8 Å². The first-order valence-corrected chi connectivity index (χ1v) is 6.95. The van der Waals surface area contributed by atoms with Crippen molar-refractivity contribution in [2.75, 3.05) is 31.4 Å². The van der Waals surface area contributed by atoms with E-state index in [4.69, 9.17) is 4.74 Å². The van der Waals surface area contributed by atoms with Gasteiger partial charge in [-0.2, -0.15) is 0 Å². The Hall–Kier alpha value is -2.09. The van der Waals surface area contributed by atoms with E-state index in [1.165, 1.54) is 11.9 Å². The molecule has 0 amide bonds. The summed E-state index contributed by atoms with van der Waals surface area (Å²) in [6, 6.07) is 15.0. The average molecular weight is 337 g/mol. The van der Waals surface area contributed by atoms with E-state index < -0.39 is 5.97 Å². The molecule has 0 radical (unpaired) electrons. The molecular weight excluding hydrogens is 319 g/mol. The number of carboxylic acid groups (broad SMARTS) is 1. The fourth-order valence-corrected chi connectivity index (χ4v) is 1.90. The molecule has 2 aromatic carbocycles. The first-order valence-electron chi connectivity index (χ1n) is 6.95. The number of carbonyl (C=O) groups excluding carboxylic acids is 1. The van der Waals surface area contributed by atoms with Crippen LogP contribution in [-0.2, 0) is 4.79 Å². The summed E-state index contributed by atoms with van der Waals surface area (Å²) >= 11 is 0. The summed E-state index contributed by atoms with van der Waals surface area (Å²) in [5.74, 6) is -0.410. The number of ether oxygens (including phenoxy) is 1. The zero-order valence-electron chi connectivity index (χ0n) is 13.9. The second-order valence-electron chi connectivity index (χ2n) is 4.67. The first-order chi connectivity index (χ1) is 11.1. The number of rotatable bonds is 7.